The van der Waals surface area contributed by atoms with Crippen molar-refractivity contribution >= 4 is 18.1 Å². The van der Waals surface area contributed by atoms with Gasteiger partial charge in [-0.3, -0.25) is 4.79 Å². The molecule has 0 aromatic carbocycles. The first kappa shape index (κ1) is 25.8. The third kappa shape index (κ3) is 3.51. The van der Waals surface area contributed by atoms with Gasteiger partial charge in [0.2, 0.25) is 0 Å². The Hall–Kier alpha value is -2.49. The van der Waals surface area contributed by atoms with Crippen LogP contribution in [0.4, 0.5) is 0 Å². The summed E-state index contributed by atoms with van der Waals surface area (Å²) in [6, 6.07) is 1.59. The number of carbonyl (C=O) groups is 2. The number of ether oxygens (including phenoxy) is 1. The van der Waals surface area contributed by atoms with E-state index in [2.05, 4.69) is 17.5 Å². The molecule has 0 radical (unpaired) electrons. The van der Waals surface area contributed by atoms with Crippen molar-refractivity contribution in [2.24, 2.45) is 33.7 Å². The number of nitrogens with one attached hydrogen (secondary N) is 1. The largest absolute Gasteiger partial charge is 0.469 e. The van der Waals surface area contributed by atoms with Crippen LogP contribution in [0, 0.1) is 35.5 Å². The summed E-state index contributed by atoms with van der Waals surface area (Å²) in [5.41, 5.74) is 0.682. The lowest BCUT2D eigenvalue weighted by molar-refractivity contribution is -0.237. The van der Waals surface area contributed by atoms with Crippen LogP contribution in [0.1, 0.15) is 80.8 Å². The molecule has 4 aliphatic carbocycles. The van der Waals surface area contributed by atoms with Gasteiger partial charge in [-0.2, -0.15) is 5.10 Å². The molecule has 9 nitrogen and oxygen atoms in total. The van der Waals surface area contributed by atoms with Gasteiger partial charge in [-0.1, -0.05) is 6.92 Å². The quantitative estimate of drug-likeness (QED) is 0.268. The Balaban J connectivity index is 1.33. The molecule has 206 valence electrons. The van der Waals surface area contributed by atoms with Crippen molar-refractivity contribution in [3.8, 4) is 0 Å². The van der Waals surface area contributed by atoms with E-state index in [1.54, 1.807) is 25.3 Å². The molecular formula is C29H38N2O7. The number of amides is 1. The summed E-state index contributed by atoms with van der Waals surface area (Å²) in [6.07, 6.45) is 9.53. The Labute approximate surface area is 222 Å². The highest BCUT2D eigenvalue weighted by atomic mass is 16.5. The number of fused-ring (bicyclic) bond motifs is 5. The second-order valence-corrected chi connectivity index (χ2v) is 12.6. The Morgan fingerprint density at radius 1 is 1.13 bits per heavy atom. The first-order valence-corrected chi connectivity index (χ1v) is 13.9. The zero-order valence-electron chi connectivity index (χ0n) is 22.1. The summed E-state index contributed by atoms with van der Waals surface area (Å²) < 4.78 is 10.5. The standard InChI is InChI=1S/C29H38N2O7/c1-17-20(7-12-37-17)25(34)31-30-16-27-9-3-19(32)14-28(27,35)10-5-23-22(27)4-8-26(2)21(6-11-29(23,26)36)18-13-24(33)38-15-18/h7,12-13,16,19,21-23,32,35-36H,3-6,8-11,14-15H2,1-2H3,(H,31,34)/t19-,21?,22+,23-,26?,27?,28?,29?/m1/s1. The van der Waals surface area contributed by atoms with E-state index in [0.717, 1.165) is 24.8 Å². The van der Waals surface area contributed by atoms with Crippen molar-refractivity contribution in [3.05, 3.63) is 35.3 Å². The number of aliphatic hydroxyl groups excluding tert-OH is 1. The Bertz CT molecular complexity index is 1210. The van der Waals surface area contributed by atoms with Crippen molar-refractivity contribution in [2.75, 3.05) is 6.61 Å². The Kier molecular flexibility index (Phi) is 5.94. The molecular weight excluding hydrogens is 488 g/mol. The summed E-state index contributed by atoms with van der Waals surface area (Å²) >= 11 is 0. The predicted octanol–water partition coefficient (Wildman–Crippen LogP) is 3.02. The topological polar surface area (TPSA) is 142 Å². The van der Waals surface area contributed by atoms with Crippen molar-refractivity contribution in [3.63, 3.8) is 0 Å². The summed E-state index contributed by atoms with van der Waals surface area (Å²) in [4.78, 5) is 24.5. The molecule has 9 heteroatoms. The van der Waals surface area contributed by atoms with Gasteiger partial charge >= 0.3 is 5.97 Å². The smallest absolute Gasteiger partial charge is 0.331 e. The minimum Gasteiger partial charge on any atom is -0.469 e. The van der Waals surface area contributed by atoms with Crippen LogP contribution in [0.3, 0.4) is 0 Å². The summed E-state index contributed by atoms with van der Waals surface area (Å²) in [5.74, 6) is -0.239. The molecule has 1 amide bonds. The lowest BCUT2D eigenvalue weighted by atomic mass is 9.41. The molecule has 4 N–H and O–H groups in total. The van der Waals surface area contributed by atoms with E-state index in [1.807, 2.05) is 0 Å². The van der Waals surface area contributed by atoms with Crippen molar-refractivity contribution in [2.45, 2.75) is 88.9 Å². The van der Waals surface area contributed by atoms with E-state index < -0.39 is 28.1 Å². The molecule has 1 aliphatic heterocycles. The normalized spacial score (nSPS) is 44.2. The van der Waals surface area contributed by atoms with Gasteiger partial charge in [0.1, 0.15) is 12.4 Å². The number of nitrogens with zero attached hydrogens (tertiary/aromatic N) is 1. The van der Waals surface area contributed by atoms with Crippen LogP contribution in [0.15, 0.2) is 33.5 Å². The second-order valence-electron chi connectivity index (χ2n) is 12.6. The molecule has 0 spiro atoms. The van der Waals surface area contributed by atoms with Gasteiger partial charge < -0.3 is 24.5 Å². The molecule has 5 unspecified atom stereocenters. The fourth-order valence-electron chi connectivity index (χ4n) is 9.25. The van der Waals surface area contributed by atoms with E-state index in [9.17, 15) is 24.9 Å². The summed E-state index contributed by atoms with van der Waals surface area (Å²) in [5, 5.41) is 39.4. The number of carbonyl (C=O) groups excluding carboxylic acids is 2. The van der Waals surface area contributed by atoms with Gasteiger partial charge in [0.05, 0.1) is 29.1 Å². The number of rotatable bonds is 4. The van der Waals surface area contributed by atoms with Crippen LogP contribution < -0.4 is 5.43 Å². The molecule has 0 saturated heterocycles. The number of esters is 1. The highest BCUT2D eigenvalue weighted by Gasteiger charge is 2.71. The van der Waals surface area contributed by atoms with E-state index in [0.29, 0.717) is 50.0 Å². The van der Waals surface area contributed by atoms with Crippen molar-refractivity contribution in [1.82, 2.24) is 5.43 Å². The molecule has 0 bridgehead atoms. The van der Waals surface area contributed by atoms with Crippen LogP contribution in [-0.2, 0) is 9.53 Å². The number of cyclic esters (lactones) is 1. The Morgan fingerprint density at radius 3 is 2.63 bits per heavy atom. The molecule has 4 saturated carbocycles. The maximum absolute atomic E-state index is 12.7. The zero-order chi connectivity index (χ0) is 26.9. The van der Waals surface area contributed by atoms with Crippen molar-refractivity contribution in [1.29, 1.82) is 0 Å². The first-order valence-electron chi connectivity index (χ1n) is 13.9. The number of hydrogen-bond acceptors (Lipinski definition) is 8. The fraction of sp³-hybridized carbons (Fsp3) is 0.690. The van der Waals surface area contributed by atoms with Gasteiger partial charge in [0, 0.05) is 29.5 Å². The maximum Gasteiger partial charge on any atom is 0.331 e. The molecule has 4 fully saturated rings. The second kappa shape index (κ2) is 8.76. The van der Waals surface area contributed by atoms with Crippen LogP contribution >= 0.6 is 0 Å². The maximum atomic E-state index is 12.7. The molecule has 38 heavy (non-hydrogen) atoms. The summed E-state index contributed by atoms with van der Waals surface area (Å²) in [7, 11) is 0. The van der Waals surface area contributed by atoms with E-state index in [4.69, 9.17) is 9.15 Å². The SMILES string of the molecule is Cc1occc1C(=O)NN=CC12CC[C@@H](O)CC1(O)CC[C@@H]1[C@@H]2CCC2(C)C(C3=CC(=O)OC3)CCC12O. The highest BCUT2D eigenvalue weighted by molar-refractivity contribution is 5.95. The number of hydrazone groups is 1. The lowest BCUT2D eigenvalue weighted by Gasteiger charge is -2.65. The molecule has 8 atom stereocenters. The van der Waals surface area contributed by atoms with Crippen LogP contribution in [-0.4, -0.2) is 57.3 Å². The Morgan fingerprint density at radius 2 is 1.92 bits per heavy atom. The molecule has 1 aromatic rings. The first-order chi connectivity index (χ1) is 18.0. The van der Waals surface area contributed by atoms with Gasteiger partial charge in [0.25, 0.3) is 5.91 Å². The number of furan rings is 1. The predicted molar refractivity (Wildman–Crippen MR) is 137 cm³/mol. The minimum atomic E-state index is -1.18. The van der Waals surface area contributed by atoms with E-state index >= 15 is 0 Å². The van der Waals surface area contributed by atoms with E-state index in [1.165, 1.54) is 6.26 Å². The van der Waals surface area contributed by atoms with Gasteiger partial charge in [0.15, 0.2) is 0 Å². The number of aryl methyl sites for hydroxylation is 1. The molecule has 2 heterocycles. The minimum absolute atomic E-state index is 0.0580. The number of hydrogen-bond donors (Lipinski definition) is 4. The van der Waals surface area contributed by atoms with Crippen LogP contribution in [0.25, 0.3) is 0 Å². The van der Waals surface area contributed by atoms with Gasteiger partial charge in [-0.15, -0.1) is 0 Å². The molecule has 1 aromatic heterocycles. The zero-order valence-corrected chi connectivity index (χ0v) is 22.1. The lowest BCUT2D eigenvalue weighted by Crippen LogP contribution is -2.68. The van der Waals surface area contributed by atoms with Gasteiger partial charge in [-0.05, 0) is 87.7 Å². The van der Waals surface area contributed by atoms with Crippen LogP contribution in [0.2, 0.25) is 0 Å². The average molecular weight is 527 g/mol. The average Bonchev–Trinajstić information content (AvgIpc) is 3.56. The molecule has 6 rings (SSSR count). The number of aliphatic hydroxyl groups is 3. The monoisotopic (exact) mass is 526 g/mol. The highest BCUT2D eigenvalue weighted by Crippen LogP contribution is 2.70. The van der Waals surface area contributed by atoms with Gasteiger partial charge in [-0.25, -0.2) is 10.2 Å². The van der Waals surface area contributed by atoms with Crippen molar-refractivity contribution < 1.29 is 34.1 Å². The fourth-order valence-corrected chi connectivity index (χ4v) is 9.25. The van der Waals surface area contributed by atoms with Crippen LogP contribution in [0.5, 0.6) is 0 Å². The molecule has 5 aliphatic rings. The third-order valence-electron chi connectivity index (χ3n) is 11.2. The third-order valence-corrected chi connectivity index (χ3v) is 11.2. The van der Waals surface area contributed by atoms with E-state index in [-0.39, 0.29) is 36.1 Å². The summed E-state index contributed by atoms with van der Waals surface area (Å²) in [6.45, 7) is 4.17.